The Morgan fingerprint density at radius 3 is 2.36 bits per heavy atom. The zero-order valence-electron chi connectivity index (χ0n) is 7.89. The molecule has 0 spiro atoms. The van der Waals surface area contributed by atoms with Crippen LogP contribution in [0.15, 0.2) is 0 Å². The van der Waals surface area contributed by atoms with Crippen LogP contribution in [0.2, 0.25) is 0 Å². The fraction of sp³-hybridized carbons (Fsp3) is 0.857. The summed E-state index contributed by atoms with van der Waals surface area (Å²) >= 11 is 0. The fourth-order valence-electron chi connectivity index (χ4n) is 0.994. The molecular formula is C7H16NO5P. The van der Waals surface area contributed by atoms with Crippen molar-refractivity contribution in [3.8, 4) is 0 Å². The summed E-state index contributed by atoms with van der Waals surface area (Å²) in [6, 6.07) is 0. The first kappa shape index (κ1) is 13.6. The van der Waals surface area contributed by atoms with Crippen LogP contribution in [0.1, 0.15) is 32.1 Å². The van der Waals surface area contributed by atoms with Crippen LogP contribution in [-0.4, -0.2) is 22.1 Å². The summed E-state index contributed by atoms with van der Waals surface area (Å²) in [5.74, 6) is 3.78. The summed E-state index contributed by atoms with van der Waals surface area (Å²) in [7, 11) is -3.58. The largest absolute Gasteiger partial charge is 0.481 e. The molecule has 1 atom stereocenters. The van der Waals surface area contributed by atoms with E-state index in [1.165, 1.54) is 0 Å². The van der Waals surface area contributed by atoms with Crippen LogP contribution in [0.4, 0.5) is 0 Å². The number of unbranched alkanes of at least 4 members (excludes halogenated alkanes) is 3. The summed E-state index contributed by atoms with van der Waals surface area (Å²) in [6.07, 6.45) is 2.72. The van der Waals surface area contributed by atoms with Gasteiger partial charge in [-0.05, 0) is 12.8 Å². The van der Waals surface area contributed by atoms with Gasteiger partial charge in [0, 0.05) is 6.42 Å². The van der Waals surface area contributed by atoms with Gasteiger partial charge in [-0.3, -0.25) is 9.36 Å². The molecule has 0 aromatic rings. The van der Waals surface area contributed by atoms with E-state index >= 15 is 0 Å². The Morgan fingerprint density at radius 1 is 1.29 bits per heavy atom. The van der Waals surface area contributed by atoms with Gasteiger partial charge in [0.25, 0.3) is 0 Å². The maximum atomic E-state index is 10.8. The minimum atomic E-state index is -3.58. The lowest BCUT2D eigenvalue weighted by Gasteiger charge is -2.06. The molecule has 0 aliphatic rings. The van der Waals surface area contributed by atoms with E-state index < -0.39 is 13.6 Å². The molecular weight excluding hydrogens is 209 g/mol. The molecule has 0 saturated carbocycles. The third-order valence-corrected chi connectivity index (χ3v) is 2.96. The van der Waals surface area contributed by atoms with Gasteiger partial charge in [-0.2, -0.15) is 0 Å². The predicted octanol–water partition coefficient (Wildman–Crippen LogP) is 1.10. The zero-order chi connectivity index (χ0) is 11.0. The lowest BCUT2D eigenvalue weighted by Crippen LogP contribution is -2.00. The summed E-state index contributed by atoms with van der Waals surface area (Å²) in [5.41, 5.74) is 0. The maximum absolute atomic E-state index is 10.8. The molecule has 0 aromatic heterocycles. The number of rotatable bonds is 8. The van der Waals surface area contributed by atoms with E-state index in [4.69, 9.17) is 10.00 Å². The monoisotopic (exact) mass is 225 g/mol. The summed E-state index contributed by atoms with van der Waals surface area (Å²) in [5, 5.41) is 8.32. The van der Waals surface area contributed by atoms with Crippen molar-refractivity contribution in [3.05, 3.63) is 0 Å². The van der Waals surface area contributed by atoms with Crippen LogP contribution < -0.4 is 5.90 Å². The predicted molar refractivity (Wildman–Crippen MR) is 50.7 cm³/mol. The van der Waals surface area contributed by atoms with E-state index in [1.54, 1.807) is 0 Å². The van der Waals surface area contributed by atoms with E-state index in [1.807, 2.05) is 0 Å². The molecule has 1 unspecified atom stereocenters. The Labute approximate surface area is 82.5 Å². The highest BCUT2D eigenvalue weighted by Crippen LogP contribution is 2.40. The Balaban J connectivity index is 3.30. The van der Waals surface area contributed by atoms with Gasteiger partial charge in [0.05, 0.1) is 6.16 Å². The minimum Gasteiger partial charge on any atom is -0.481 e. The molecule has 6 nitrogen and oxygen atoms in total. The zero-order valence-corrected chi connectivity index (χ0v) is 8.78. The maximum Gasteiger partial charge on any atom is 0.344 e. The number of aliphatic carboxylic acids is 1. The number of carboxylic acids is 1. The molecule has 0 fully saturated rings. The van der Waals surface area contributed by atoms with E-state index in [0.717, 1.165) is 6.42 Å². The van der Waals surface area contributed by atoms with Crippen molar-refractivity contribution < 1.29 is 24.0 Å². The molecule has 4 N–H and O–H groups in total. The molecule has 0 aliphatic carbocycles. The Hall–Kier alpha value is -0.420. The number of carboxylic acid groups (broad SMARTS) is 1. The normalized spacial score (nSPS) is 15.0. The van der Waals surface area contributed by atoms with E-state index in [2.05, 4.69) is 10.5 Å². The van der Waals surface area contributed by atoms with Gasteiger partial charge >= 0.3 is 13.6 Å². The standard InChI is InChI=1S/C7H16NO5P/c8-13-14(11,12)6-4-2-1-3-5-7(9)10/h1-6,8H2,(H,9,10)(H,11,12). The van der Waals surface area contributed by atoms with Crippen molar-refractivity contribution in [2.45, 2.75) is 32.1 Å². The molecule has 0 amide bonds. The highest BCUT2D eigenvalue weighted by molar-refractivity contribution is 7.52. The van der Waals surface area contributed by atoms with Gasteiger partial charge in [-0.25, -0.2) is 10.5 Å². The van der Waals surface area contributed by atoms with Gasteiger partial charge in [0.2, 0.25) is 0 Å². The number of nitrogens with two attached hydrogens (primary N) is 1. The average molecular weight is 225 g/mol. The van der Waals surface area contributed by atoms with Crippen LogP contribution >= 0.6 is 7.60 Å². The second-order valence-corrected chi connectivity index (χ2v) is 4.96. The van der Waals surface area contributed by atoms with E-state index in [9.17, 15) is 9.36 Å². The average Bonchev–Trinajstić information content (AvgIpc) is 2.10. The molecule has 0 rings (SSSR count). The number of hydrogen-bond acceptors (Lipinski definition) is 4. The number of hydrogen-bond donors (Lipinski definition) is 3. The van der Waals surface area contributed by atoms with E-state index in [0.29, 0.717) is 19.3 Å². The third kappa shape index (κ3) is 8.19. The first-order chi connectivity index (χ1) is 6.48. The quantitative estimate of drug-likeness (QED) is 0.324. The highest BCUT2D eigenvalue weighted by Gasteiger charge is 2.16. The van der Waals surface area contributed by atoms with Crippen molar-refractivity contribution in [2.75, 3.05) is 6.16 Å². The van der Waals surface area contributed by atoms with Gasteiger partial charge in [-0.1, -0.05) is 12.8 Å². The van der Waals surface area contributed by atoms with Gasteiger partial charge in [-0.15, -0.1) is 0 Å². The van der Waals surface area contributed by atoms with Crippen molar-refractivity contribution in [3.63, 3.8) is 0 Å². The first-order valence-corrected chi connectivity index (χ1v) is 6.16. The molecule has 0 radical (unpaired) electrons. The molecule has 7 heteroatoms. The van der Waals surface area contributed by atoms with Gasteiger partial charge in [0.15, 0.2) is 0 Å². The molecule has 84 valence electrons. The van der Waals surface area contributed by atoms with Crippen molar-refractivity contribution >= 4 is 13.6 Å². The minimum absolute atomic E-state index is 0.0244. The summed E-state index contributed by atoms with van der Waals surface area (Å²) < 4.78 is 14.7. The van der Waals surface area contributed by atoms with Crippen LogP contribution in [0.3, 0.4) is 0 Å². The Kier molecular flexibility index (Phi) is 6.74. The first-order valence-electron chi connectivity index (χ1n) is 4.40. The Morgan fingerprint density at radius 2 is 1.86 bits per heavy atom. The summed E-state index contributed by atoms with van der Waals surface area (Å²) in [6.45, 7) is 0. The van der Waals surface area contributed by atoms with Crippen LogP contribution in [0.5, 0.6) is 0 Å². The Bertz CT molecular complexity index is 220. The summed E-state index contributed by atoms with van der Waals surface area (Å²) in [4.78, 5) is 19.0. The number of carbonyl (C=O) groups is 1. The lowest BCUT2D eigenvalue weighted by atomic mass is 10.2. The lowest BCUT2D eigenvalue weighted by molar-refractivity contribution is -0.137. The smallest absolute Gasteiger partial charge is 0.344 e. The molecule has 0 bridgehead atoms. The van der Waals surface area contributed by atoms with Crippen LogP contribution in [0.25, 0.3) is 0 Å². The highest BCUT2D eigenvalue weighted by atomic mass is 31.2. The van der Waals surface area contributed by atoms with Gasteiger partial charge in [0.1, 0.15) is 0 Å². The molecule has 0 heterocycles. The second-order valence-electron chi connectivity index (χ2n) is 3.02. The third-order valence-electron chi connectivity index (χ3n) is 1.75. The second kappa shape index (κ2) is 6.95. The molecule has 0 aromatic carbocycles. The molecule has 14 heavy (non-hydrogen) atoms. The molecule has 0 aliphatic heterocycles. The van der Waals surface area contributed by atoms with Gasteiger partial charge < -0.3 is 10.00 Å². The fourth-order valence-corrected chi connectivity index (χ4v) is 1.72. The topological polar surface area (TPSA) is 110 Å². The van der Waals surface area contributed by atoms with Crippen LogP contribution in [0, 0.1) is 0 Å². The van der Waals surface area contributed by atoms with Crippen molar-refractivity contribution in [1.29, 1.82) is 0 Å². The van der Waals surface area contributed by atoms with Crippen molar-refractivity contribution in [2.24, 2.45) is 5.90 Å². The molecule has 0 saturated heterocycles. The van der Waals surface area contributed by atoms with Crippen LogP contribution in [-0.2, 0) is 14.0 Å². The van der Waals surface area contributed by atoms with Crippen molar-refractivity contribution in [1.82, 2.24) is 0 Å². The SMILES string of the molecule is NOP(=O)(O)CCCCCCC(=O)O. The van der Waals surface area contributed by atoms with E-state index in [-0.39, 0.29) is 12.6 Å².